The van der Waals surface area contributed by atoms with Gasteiger partial charge in [0.15, 0.2) is 0 Å². The van der Waals surface area contributed by atoms with Gasteiger partial charge < -0.3 is 10.1 Å². The number of hydrogen-bond acceptors (Lipinski definition) is 3. The molecule has 1 atom stereocenters. The molecule has 0 saturated carbocycles. The van der Waals surface area contributed by atoms with Gasteiger partial charge in [-0.2, -0.15) is 0 Å². The maximum absolute atomic E-state index is 11.6. The quantitative estimate of drug-likeness (QED) is 0.778. The zero-order chi connectivity index (χ0) is 11.6. The van der Waals surface area contributed by atoms with E-state index in [4.69, 9.17) is 5.11 Å². The molecular weight excluding hydrogens is 196 g/mol. The number of nitrogens with one attached hydrogen (secondary N) is 1. The van der Waals surface area contributed by atoms with E-state index < -0.39 is 11.9 Å². The Balaban J connectivity index is 3.36. The van der Waals surface area contributed by atoms with E-state index in [2.05, 4.69) is 9.97 Å². The predicted molar refractivity (Wildman–Crippen MR) is 55.0 cm³/mol. The van der Waals surface area contributed by atoms with Gasteiger partial charge in [0, 0.05) is 5.69 Å². The van der Waals surface area contributed by atoms with Crippen molar-refractivity contribution in [2.75, 3.05) is 0 Å². The number of hydrogen-bond donors (Lipinski definition) is 2. The summed E-state index contributed by atoms with van der Waals surface area (Å²) in [6.07, 6.45) is 0.379. The van der Waals surface area contributed by atoms with E-state index in [0.717, 1.165) is 0 Å². The molecule has 0 fully saturated rings. The van der Waals surface area contributed by atoms with Gasteiger partial charge in [0.25, 0.3) is 5.56 Å². The second kappa shape index (κ2) is 4.25. The minimum atomic E-state index is -0.989. The molecule has 0 aliphatic heterocycles. The molecule has 0 saturated heterocycles. The summed E-state index contributed by atoms with van der Waals surface area (Å²) in [5, 5.41) is 8.96. The Hall–Kier alpha value is -1.65. The first kappa shape index (κ1) is 11.4. The van der Waals surface area contributed by atoms with E-state index in [1.807, 2.05) is 0 Å². The minimum Gasteiger partial charge on any atom is -0.481 e. The summed E-state index contributed by atoms with van der Waals surface area (Å²) in [4.78, 5) is 29.1. The van der Waals surface area contributed by atoms with Crippen LogP contribution in [0.5, 0.6) is 0 Å². The van der Waals surface area contributed by atoms with Crippen LogP contribution in [0, 0.1) is 13.8 Å². The first-order valence-electron chi connectivity index (χ1n) is 4.77. The molecule has 15 heavy (non-hydrogen) atoms. The lowest BCUT2D eigenvalue weighted by Crippen LogP contribution is -2.24. The number of aromatic nitrogens is 2. The zero-order valence-electron chi connectivity index (χ0n) is 9.00. The second-order valence-corrected chi connectivity index (χ2v) is 3.45. The lowest BCUT2D eigenvalue weighted by Gasteiger charge is -2.11. The standard InChI is InChI=1S/C10H14N2O3/c1-4-7(10(14)15)8-5(2)11-6(3)12-9(8)13/h7H,4H2,1-3H3,(H,14,15)(H,11,12,13). The van der Waals surface area contributed by atoms with Crippen molar-refractivity contribution in [3.05, 3.63) is 27.4 Å². The fraction of sp³-hybridized carbons (Fsp3) is 0.500. The molecule has 0 radical (unpaired) electrons. The van der Waals surface area contributed by atoms with Crippen molar-refractivity contribution < 1.29 is 9.90 Å². The summed E-state index contributed by atoms with van der Waals surface area (Å²) >= 11 is 0. The first-order valence-corrected chi connectivity index (χ1v) is 4.77. The molecule has 2 N–H and O–H groups in total. The van der Waals surface area contributed by atoms with Gasteiger partial charge in [0.05, 0.1) is 11.5 Å². The SMILES string of the molecule is CCC(C(=O)O)c1c(C)nc(C)[nH]c1=O. The van der Waals surface area contributed by atoms with Crippen LogP contribution < -0.4 is 5.56 Å². The topological polar surface area (TPSA) is 83.0 Å². The van der Waals surface area contributed by atoms with E-state index >= 15 is 0 Å². The number of aromatic amines is 1. The Labute approximate surface area is 87.2 Å². The molecule has 5 heteroatoms. The molecule has 0 aliphatic rings. The fourth-order valence-corrected chi connectivity index (χ4v) is 1.65. The Kier molecular flexibility index (Phi) is 3.24. The van der Waals surface area contributed by atoms with Crippen LogP contribution in [0.3, 0.4) is 0 Å². The predicted octanol–water partition coefficient (Wildman–Crippen LogP) is 0.965. The lowest BCUT2D eigenvalue weighted by molar-refractivity contribution is -0.138. The summed E-state index contributed by atoms with van der Waals surface area (Å²) in [7, 11) is 0. The number of H-pyrrole nitrogens is 1. The monoisotopic (exact) mass is 210 g/mol. The van der Waals surface area contributed by atoms with Gasteiger partial charge in [0.2, 0.25) is 0 Å². The number of carboxylic acids is 1. The van der Waals surface area contributed by atoms with Crippen LogP contribution in [0.2, 0.25) is 0 Å². The molecule has 0 bridgehead atoms. The van der Waals surface area contributed by atoms with Crippen molar-refractivity contribution in [2.45, 2.75) is 33.1 Å². The molecule has 1 aromatic rings. The number of carbonyl (C=O) groups is 1. The van der Waals surface area contributed by atoms with Gasteiger partial charge >= 0.3 is 5.97 Å². The highest BCUT2D eigenvalue weighted by Gasteiger charge is 2.23. The third-order valence-electron chi connectivity index (χ3n) is 2.32. The first-order chi connectivity index (χ1) is 6.97. The van der Waals surface area contributed by atoms with Crippen molar-refractivity contribution >= 4 is 5.97 Å². The molecule has 1 heterocycles. The minimum absolute atomic E-state index is 0.260. The highest BCUT2D eigenvalue weighted by atomic mass is 16.4. The molecule has 5 nitrogen and oxygen atoms in total. The molecular formula is C10H14N2O3. The third kappa shape index (κ3) is 2.23. The van der Waals surface area contributed by atoms with Crippen molar-refractivity contribution in [3.63, 3.8) is 0 Å². The average molecular weight is 210 g/mol. The smallest absolute Gasteiger partial charge is 0.311 e. The maximum Gasteiger partial charge on any atom is 0.311 e. The molecule has 0 amide bonds. The van der Waals surface area contributed by atoms with Gasteiger partial charge in [-0.3, -0.25) is 9.59 Å². The van der Waals surface area contributed by atoms with Crippen molar-refractivity contribution in [1.29, 1.82) is 0 Å². The lowest BCUT2D eigenvalue weighted by atomic mass is 9.96. The molecule has 0 aliphatic carbocycles. The average Bonchev–Trinajstić information content (AvgIpc) is 2.09. The Morgan fingerprint density at radius 3 is 2.53 bits per heavy atom. The van der Waals surface area contributed by atoms with Crippen LogP contribution >= 0.6 is 0 Å². The van der Waals surface area contributed by atoms with Crippen LogP contribution in [0.4, 0.5) is 0 Å². The van der Waals surface area contributed by atoms with Gasteiger partial charge in [0.1, 0.15) is 5.82 Å². The summed E-state index contributed by atoms with van der Waals surface area (Å²) in [5.41, 5.74) is 0.398. The third-order valence-corrected chi connectivity index (χ3v) is 2.32. The molecule has 1 aromatic heterocycles. The molecule has 0 aromatic carbocycles. The van der Waals surface area contributed by atoms with Gasteiger partial charge in [-0.15, -0.1) is 0 Å². The van der Waals surface area contributed by atoms with E-state index in [1.165, 1.54) is 0 Å². The van der Waals surface area contributed by atoms with Crippen molar-refractivity contribution in [1.82, 2.24) is 9.97 Å². The Bertz CT molecular complexity index is 437. The van der Waals surface area contributed by atoms with Gasteiger partial charge in [-0.1, -0.05) is 6.92 Å². The van der Waals surface area contributed by atoms with E-state index in [-0.39, 0.29) is 11.1 Å². The summed E-state index contributed by atoms with van der Waals surface area (Å²) in [5.74, 6) is -1.26. The van der Waals surface area contributed by atoms with Gasteiger partial charge in [-0.25, -0.2) is 4.98 Å². The number of nitrogens with zero attached hydrogens (tertiary/aromatic N) is 1. The highest BCUT2D eigenvalue weighted by molar-refractivity contribution is 5.76. The number of carboxylic acid groups (broad SMARTS) is 1. The fourth-order valence-electron chi connectivity index (χ4n) is 1.65. The van der Waals surface area contributed by atoms with Crippen molar-refractivity contribution in [3.8, 4) is 0 Å². The highest BCUT2D eigenvalue weighted by Crippen LogP contribution is 2.18. The second-order valence-electron chi connectivity index (χ2n) is 3.45. The molecule has 1 rings (SSSR count). The van der Waals surface area contributed by atoms with Crippen molar-refractivity contribution in [2.24, 2.45) is 0 Å². The largest absolute Gasteiger partial charge is 0.481 e. The van der Waals surface area contributed by atoms with Crippen LogP contribution in [0.25, 0.3) is 0 Å². The molecule has 0 spiro atoms. The van der Waals surface area contributed by atoms with Crippen LogP contribution in [0.15, 0.2) is 4.79 Å². The number of rotatable bonds is 3. The van der Waals surface area contributed by atoms with Crippen LogP contribution in [-0.4, -0.2) is 21.0 Å². The zero-order valence-corrected chi connectivity index (χ0v) is 9.00. The normalized spacial score (nSPS) is 12.5. The van der Waals surface area contributed by atoms with Crippen LogP contribution in [0.1, 0.15) is 36.3 Å². The summed E-state index contributed by atoms with van der Waals surface area (Å²) < 4.78 is 0. The van der Waals surface area contributed by atoms with E-state index in [1.54, 1.807) is 20.8 Å². The summed E-state index contributed by atoms with van der Waals surface area (Å²) in [6.45, 7) is 5.06. The van der Waals surface area contributed by atoms with E-state index in [9.17, 15) is 9.59 Å². The number of aryl methyl sites for hydroxylation is 2. The van der Waals surface area contributed by atoms with Crippen LogP contribution in [-0.2, 0) is 4.79 Å². The van der Waals surface area contributed by atoms with Gasteiger partial charge in [-0.05, 0) is 20.3 Å². The van der Waals surface area contributed by atoms with E-state index in [0.29, 0.717) is 17.9 Å². The summed E-state index contributed by atoms with van der Waals surface area (Å²) in [6, 6.07) is 0. The molecule has 1 unspecified atom stereocenters. The molecule has 82 valence electrons. The number of aliphatic carboxylic acids is 1. The Morgan fingerprint density at radius 2 is 2.13 bits per heavy atom. The Morgan fingerprint density at radius 1 is 1.53 bits per heavy atom. The maximum atomic E-state index is 11.6.